The molecule has 1 N–H and O–H groups in total. The first kappa shape index (κ1) is 24.9. The van der Waals surface area contributed by atoms with Crippen LogP contribution in [0.4, 0.5) is 15.8 Å². The Morgan fingerprint density at radius 1 is 0.973 bits per heavy atom. The van der Waals surface area contributed by atoms with Gasteiger partial charge >= 0.3 is 0 Å². The second-order valence-electron chi connectivity index (χ2n) is 8.57. The van der Waals surface area contributed by atoms with E-state index in [1.807, 2.05) is 0 Å². The number of rotatable bonds is 6. The van der Waals surface area contributed by atoms with Gasteiger partial charge in [0.1, 0.15) is 11.6 Å². The van der Waals surface area contributed by atoms with Crippen LogP contribution in [0.2, 0.25) is 0 Å². The third-order valence-corrected chi connectivity index (χ3v) is 8.05. The number of sulfonamides is 1. The molecule has 2 aliphatic heterocycles. The minimum atomic E-state index is -3.65. The number of morpholine rings is 1. The zero-order chi connectivity index (χ0) is 26.0. The first-order valence-corrected chi connectivity index (χ1v) is 13.1. The van der Waals surface area contributed by atoms with E-state index in [2.05, 4.69) is 5.32 Å². The van der Waals surface area contributed by atoms with E-state index in [0.29, 0.717) is 30.3 Å². The van der Waals surface area contributed by atoms with Gasteiger partial charge in [-0.3, -0.25) is 9.59 Å². The van der Waals surface area contributed by atoms with E-state index in [1.165, 1.54) is 40.7 Å². The van der Waals surface area contributed by atoms with Gasteiger partial charge in [-0.2, -0.15) is 4.31 Å². The van der Waals surface area contributed by atoms with E-state index in [4.69, 9.17) is 9.47 Å². The van der Waals surface area contributed by atoms with E-state index in [0.717, 1.165) is 5.56 Å². The van der Waals surface area contributed by atoms with Gasteiger partial charge in [0.05, 0.1) is 30.3 Å². The number of nitrogens with one attached hydrogen (secondary N) is 1. The van der Waals surface area contributed by atoms with E-state index >= 15 is 0 Å². The normalized spacial score (nSPS) is 16.1. The molecule has 2 heterocycles. The number of halogens is 1. The number of hydrogen-bond donors (Lipinski definition) is 1. The number of anilines is 2. The third-order valence-electron chi connectivity index (χ3n) is 6.14. The molecule has 0 aromatic heterocycles. The number of fused-ring (bicyclic) bond motifs is 1. The quantitative estimate of drug-likeness (QED) is 0.531. The summed E-state index contributed by atoms with van der Waals surface area (Å²) in [6.45, 7) is 1.37. The lowest BCUT2D eigenvalue weighted by Crippen LogP contribution is -2.40. The van der Waals surface area contributed by atoms with Crippen LogP contribution >= 0.6 is 0 Å². The van der Waals surface area contributed by atoms with Crippen molar-refractivity contribution in [2.75, 3.05) is 43.1 Å². The van der Waals surface area contributed by atoms with Gasteiger partial charge in [0, 0.05) is 30.4 Å². The van der Waals surface area contributed by atoms with Crippen molar-refractivity contribution in [3.63, 3.8) is 0 Å². The van der Waals surface area contributed by atoms with Crippen LogP contribution in [0.1, 0.15) is 15.9 Å². The van der Waals surface area contributed by atoms with Crippen molar-refractivity contribution >= 4 is 33.2 Å². The fourth-order valence-corrected chi connectivity index (χ4v) is 5.55. The van der Waals surface area contributed by atoms with Crippen molar-refractivity contribution in [3.8, 4) is 5.75 Å². The van der Waals surface area contributed by atoms with E-state index in [9.17, 15) is 22.4 Å². The maximum Gasteiger partial charge on any atom is 0.265 e. The molecule has 192 valence electrons. The van der Waals surface area contributed by atoms with E-state index in [-0.39, 0.29) is 48.4 Å². The summed E-state index contributed by atoms with van der Waals surface area (Å²) < 4.78 is 51.0. The zero-order valence-corrected chi connectivity index (χ0v) is 20.5. The lowest BCUT2D eigenvalue weighted by molar-refractivity contribution is -0.121. The second-order valence-corrected chi connectivity index (χ2v) is 10.5. The van der Waals surface area contributed by atoms with Gasteiger partial charge in [0.2, 0.25) is 10.0 Å². The highest BCUT2D eigenvalue weighted by Gasteiger charge is 2.27. The number of hydrogen-bond acceptors (Lipinski definition) is 6. The Balaban J connectivity index is 1.29. The van der Waals surface area contributed by atoms with Crippen LogP contribution in [0.15, 0.2) is 71.6 Å². The highest BCUT2D eigenvalue weighted by molar-refractivity contribution is 7.89. The van der Waals surface area contributed by atoms with Crippen molar-refractivity contribution in [2.24, 2.45) is 0 Å². The molecule has 1 fully saturated rings. The molecule has 3 aromatic carbocycles. The largest absolute Gasteiger partial charge is 0.481 e. The second kappa shape index (κ2) is 10.3. The van der Waals surface area contributed by atoms with Crippen molar-refractivity contribution in [3.05, 3.63) is 83.7 Å². The van der Waals surface area contributed by atoms with Crippen LogP contribution in [0.5, 0.6) is 5.75 Å². The summed E-state index contributed by atoms with van der Waals surface area (Å²) in [7, 11) is -3.65. The average Bonchev–Trinajstić information content (AvgIpc) is 2.92. The Labute approximate surface area is 213 Å². The van der Waals surface area contributed by atoms with Crippen LogP contribution in [-0.4, -0.2) is 57.4 Å². The summed E-state index contributed by atoms with van der Waals surface area (Å²) in [5.74, 6) is -0.594. The van der Waals surface area contributed by atoms with Gasteiger partial charge in [-0.05, 0) is 54.1 Å². The first-order chi connectivity index (χ1) is 17.8. The Bertz CT molecular complexity index is 1420. The zero-order valence-electron chi connectivity index (χ0n) is 19.7. The molecule has 1 saturated heterocycles. The van der Waals surface area contributed by atoms with Gasteiger partial charge in [-0.15, -0.1) is 0 Å². The van der Waals surface area contributed by atoms with Gasteiger partial charge in [0.25, 0.3) is 11.8 Å². The summed E-state index contributed by atoms with van der Waals surface area (Å²) >= 11 is 0. The van der Waals surface area contributed by atoms with Gasteiger partial charge in [-0.25, -0.2) is 12.8 Å². The molecule has 0 aliphatic carbocycles. The molecule has 37 heavy (non-hydrogen) atoms. The SMILES string of the molecule is O=C(Nc1ccc2c(c1)OCC(=O)N2Cc1ccc(F)cc1)c1ccc(S(=O)(=O)N2CCOCC2)cc1. The van der Waals surface area contributed by atoms with Crippen LogP contribution < -0.4 is 15.0 Å². The maximum atomic E-state index is 13.2. The lowest BCUT2D eigenvalue weighted by Gasteiger charge is -2.29. The van der Waals surface area contributed by atoms with Crippen molar-refractivity contribution in [1.29, 1.82) is 0 Å². The molecule has 9 nitrogen and oxygen atoms in total. The predicted molar refractivity (Wildman–Crippen MR) is 133 cm³/mol. The molecule has 0 radical (unpaired) electrons. The molecule has 0 spiro atoms. The van der Waals surface area contributed by atoms with Gasteiger partial charge in [0.15, 0.2) is 6.61 Å². The standard InChI is InChI=1S/C26H24FN3O6S/c27-20-5-1-18(2-6-20)16-30-23-10-7-21(15-24(23)36-17-25(30)31)28-26(32)19-3-8-22(9-4-19)37(33,34)29-11-13-35-14-12-29/h1-10,15H,11-14,16-17H2,(H,28,32). The smallest absolute Gasteiger partial charge is 0.265 e. The van der Waals surface area contributed by atoms with E-state index < -0.39 is 15.9 Å². The number of amides is 2. The molecular formula is C26H24FN3O6S. The number of benzene rings is 3. The molecule has 2 amide bonds. The summed E-state index contributed by atoms with van der Waals surface area (Å²) in [6, 6.07) is 16.6. The molecule has 11 heteroatoms. The predicted octanol–water partition coefficient (Wildman–Crippen LogP) is 3.02. The summed E-state index contributed by atoms with van der Waals surface area (Å²) in [5, 5.41) is 2.77. The monoisotopic (exact) mass is 525 g/mol. The van der Waals surface area contributed by atoms with E-state index in [1.54, 1.807) is 35.2 Å². The first-order valence-electron chi connectivity index (χ1n) is 11.6. The topological polar surface area (TPSA) is 105 Å². The fourth-order valence-electron chi connectivity index (χ4n) is 4.15. The van der Waals surface area contributed by atoms with Crippen LogP contribution in [0.25, 0.3) is 0 Å². The minimum Gasteiger partial charge on any atom is -0.481 e. The highest BCUT2D eigenvalue weighted by atomic mass is 32.2. The summed E-state index contributed by atoms with van der Waals surface area (Å²) in [4.78, 5) is 26.9. The maximum absolute atomic E-state index is 13.2. The van der Waals surface area contributed by atoms with Gasteiger partial charge < -0.3 is 19.7 Å². The molecular weight excluding hydrogens is 501 g/mol. The third kappa shape index (κ3) is 5.33. The Kier molecular flexibility index (Phi) is 6.92. The number of nitrogens with zero attached hydrogens (tertiary/aromatic N) is 2. The Morgan fingerprint density at radius 3 is 2.38 bits per heavy atom. The van der Waals surface area contributed by atoms with Crippen molar-refractivity contribution < 1.29 is 31.9 Å². The number of ether oxygens (including phenoxy) is 2. The number of carbonyl (C=O) groups is 2. The Morgan fingerprint density at radius 2 is 1.68 bits per heavy atom. The van der Waals surface area contributed by atoms with Crippen molar-refractivity contribution in [1.82, 2.24) is 4.31 Å². The van der Waals surface area contributed by atoms with Crippen LogP contribution in [-0.2, 0) is 26.1 Å². The highest BCUT2D eigenvalue weighted by Crippen LogP contribution is 2.35. The molecule has 5 rings (SSSR count). The lowest BCUT2D eigenvalue weighted by atomic mass is 10.1. The molecule has 0 unspecified atom stereocenters. The summed E-state index contributed by atoms with van der Waals surface area (Å²) in [6.07, 6.45) is 0. The molecule has 3 aromatic rings. The molecule has 0 saturated carbocycles. The van der Waals surface area contributed by atoms with Crippen molar-refractivity contribution in [2.45, 2.75) is 11.4 Å². The molecule has 0 atom stereocenters. The minimum absolute atomic E-state index is 0.110. The molecule has 0 bridgehead atoms. The fraction of sp³-hybridized carbons (Fsp3) is 0.231. The van der Waals surface area contributed by atoms with Crippen LogP contribution in [0, 0.1) is 5.82 Å². The van der Waals surface area contributed by atoms with Crippen LogP contribution in [0.3, 0.4) is 0 Å². The molecule has 2 aliphatic rings. The average molecular weight is 526 g/mol. The van der Waals surface area contributed by atoms with Gasteiger partial charge in [-0.1, -0.05) is 12.1 Å². The Hall–Kier alpha value is -3.80. The number of carbonyl (C=O) groups excluding carboxylic acids is 2. The summed E-state index contributed by atoms with van der Waals surface area (Å²) in [5.41, 5.74) is 2.04.